The van der Waals surface area contributed by atoms with Gasteiger partial charge in [-0.2, -0.15) is 4.57 Å². The Hall–Kier alpha value is -3.13. The zero-order valence-corrected chi connectivity index (χ0v) is 17.6. The molecule has 1 fully saturated rings. The van der Waals surface area contributed by atoms with Gasteiger partial charge in [-0.15, -0.1) is 0 Å². The van der Waals surface area contributed by atoms with Gasteiger partial charge < -0.3 is 4.42 Å². The maximum absolute atomic E-state index is 6.44. The first-order valence-electron chi connectivity index (χ1n) is 11.1. The molecule has 2 heteroatoms. The second kappa shape index (κ2) is 6.70. The molecular formula is C28H26NO+. The summed E-state index contributed by atoms with van der Waals surface area (Å²) in [6.45, 7) is 2.20. The van der Waals surface area contributed by atoms with E-state index >= 15 is 0 Å². The quantitative estimate of drug-likeness (QED) is 0.290. The minimum atomic E-state index is 0.657. The minimum absolute atomic E-state index is 0.657. The summed E-state index contributed by atoms with van der Waals surface area (Å²) >= 11 is 0. The third kappa shape index (κ3) is 2.53. The van der Waals surface area contributed by atoms with E-state index in [9.17, 15) is 0 Å². The van der Waals surface area contributed by atoms with Crippen LogP contribution in [0.25, 0.3) is 44.1 Å². The van der Waals surface area contributed by atoms with E-state index in [2.05, 4.69) is 79.2 Å². The molecule has 0 bridgehead atoms. The van der Waals surface area contributed by atoms with Gasteiger partial charge in [0.05, 0.1) is 5.56 Å². The Morgan fingerprint density at radius 1 is 0.833 bits per heavy atom. The molecule has 0 N–H and O–H groups in total. The average Bonchev–Trinajstić information content (AvgIpc) is 3.43. The van der Waals surface area contributed by atoms with Crippen molar-refractivity contribution >= 4 is 32.8 Å². The van der Waals surface area contributed by atoms with E-state index in [4.69, 9.17) is 4.42 Å². The average molecular weight is 393 g/mol. The van der Waals surface area contributed by atoms with Gasteiger partial charge in [0.25, 0.3) is 0 Å². The van der Waals surface area contributed by atoms with Gasteiger partial charge >= 0.3 is 0 Å². The van der Waals surface area contributed by atoms with Crippen LogP contribution in [0.3, 0.4) is 0 Å². The molecule has 148 valence electrons. The summed E-state index contributed by atoms with van der Waals surface area (Å²) in [5.41, 5.74) is 8.48. The Labute approximate surface area is 176 Å². The molecule has 0 aliphatic heterocycles. The first-order chi connectivity index (χ1) is 14.7. The van der Waals surface area contributed by atoms with Crippen molar-refractivity contribution in [1.82, 2.24) is 0 Å². The number of hydrogen-bond acceptors (Lipinski definition) is 1. The Morgan fingerprint density at radius 2 is 1.57 bits per heavy atom. The predicted molar refractivity (Wildman–Crippen MR) is 124 cm³/mol. The zero-order valence-electron chi connectivity index (χ0n) is 17.6. The van der Waals surface area contributed by atoms with E-state index in [0.717, 1.165) is 11.2 Å². The van der Waals surface area contributed by atoms with Crippen LogP contribution < -0.4 is 4.57 Å². The topological polar surface area (TPSA) is 17.0 Å². The summed E-state index contributed by atoms with van der Waals surface area (Å²) in [6, 6.07) is 24.1. The highest BCUT2D eigenvalue weighted by Gasteiger charge is 2.27. The van der Waals surface area contributed by atoms with Gasteiger partial charge in [0.15, 0.2) is 0 Å². The largest absolute Gasteiger partial charge is 0.455 e. The number of pyridine rings is 1. The molecule has 1 aliphatic rings. The van der Waals surface area contributed by atoms with Gasteiger partial charge in [0.1, 0.15) is 18.2 Å². The molecule has 0 saturated heterocycles. The lowest BCUT2D eigenvalue weighted by Crippen LogP contribution is -2.33. The monoisotopic (exact) mass is 392 g/mol. The second-order valence-corrected chi connectivity index (χ2v) is 8.77. The number of aromatic nitrogens is 1. The van der Waals surface area contributed by atoms with Crippen LogP contribution in [0, 0.1) is 6.92 Å². The van der Waals surface area contributed by atoms with Crippen molar-refractivity contribution in [1.29, 1.82) is 0 Å². The maximum Gasteiger partial charge on any atom is 0.217 e. The fraction of sp³-hybridized carbons (Fsp3) is 0.250. The third-order valence-electron chi connectivity index (χ3n) is 7.04. The van der Waals surface area contributed by atoms with Crippen LogP contribution in [0.15, 0.2) is 71.1 Å². The van der Waals surface area contributed by atoms with Gasteiger partial charge in [-0.3, -0.25) is 0 Å². The van der Waals surface area contributed by atoms with Crippen LogP contribution in [0.5, 0.6) is 0 Å². The van der Waals surface area contributed by atoms with Gasteiger partial charge in [-0.25, -0.2) is 0 Å². The van der Waals surface area contributed by atoms with Crippen molar-refractivity contribution in [3.05, 3.63) is 77.9 Å². The molecule has 0 unspecified atom stereocenters. The molecule has 2 heterocycles. The van der Waals surface area contributed by atoms with Crippen molar-refractivity contribution in [2.75, 3.05) is 0 Å². The van der Waals surface area contributed by atoms with Crippen LogP contribution in [-0.4, -0.2) is 0 Å². The highest BCUT2D eigenvalue weighted by Crippen LogP contribution is 2.41. The molecule has 30 heavy (non-hydrogen) atoms. The van der Waals surface area contributed by atoms with Gasteiger partial charge in [-0.05, 0) is 48.9 Å². The smallest absolute Gasteiger partial charge is 0.217 e. The number of benzene rings is 3. The van der Waals surface area contributed by atoms with E-state index in [0.29, 0.717) is 5.92 Å². The van der Waals surface area contributed by atoms with Gasteiger partial charge in [0.2, 0.25) is 11.2 Å². The molecule has 2 aromatic heterocycles. The first kappa shape index (κ1) is 17.7. The van der Waals surface area contributed by atoms with Crippen LogP contribution >= 0.6 is 0 Å². The summed E-state index contributed by atoms with van der Waals surface area (Å²) in [5.74, 6) is 0.657. The molecule has 3 aromatic carbocycles. The number of furan rings is 1. The molecule has 1 aliphatic carbocycles. The van der Waals surface area contributed by atoms with Crippen molar-refractivity contribution in [2.24, 2.45) is 7.05 Å². The van der Waals surface area contributed by atoms with Crippen molar-refractivity contribution in [3.63, 3.8) is 0 Å². The lowest BCUT2D eigenvalue weighted by atomic mass is 9.91. The summed E-state index contributed by atoms with van der Waals surface area (Å²) in [6.07, 6.45) is 5.27. The molecule has 0 atom stereocenters. The van der Waals surface area contributed by atoms with E-state index in [1.165, 1.54) is 69.7 Å². The lowest BCUT2D eigenvalue weighted by molar-refractivity contribution is -0.633. The number of para-hydroxylation sites is 2. The Balaban J connectivity index is 1.72. The van der Waals surface area contributed by atoms with Crippen molar-refractivity contribution in [3.8, 4) is 11.3 Å². The summed E-state index contributed by atoms with van der Waals surface area (Å²) in [7, 11) is 2.19. The van der Waals surface area contributed by atoms with E-state index in [-0.39, 0.29) is 0 Å². The number of fused-ring (bicyclic) bond motifs is 4. The SMILES string of the molecule is Cc1ccc2c(oc3ccccc32)c1-c1cc(C2CCCC2)c2ccccc2[n+]1C. The van der Waals surface area contributed by atoms with E-state index < -0.39 is 0 Å². The molecule has 5 aromatic rings. The molecule has 0 spiro atoms. The fourth-order valence-electron chi connectivity index (χ4n) is 5.48. The predicted octanol–water partition coefficient (Wildman–Crippen LogP) is 7.20. The Kier molecular flexibility index (Phi) is 3.95. The summed E-state index contributed by atoms with van der Waals surface area (Å²) in [5, 5.41) is 3.78. The number of aryl methyl sites for hydroxylation is 2. The van der Waals surface area contributed by atoms with Crippen LogP contribution in [0.2, 0.25) is 0 Å². The fourth-order valence-corrected chi connectivity index (χ4v) is 5.48. The highest BCUT2D eigenvalue weighted by atomic mass is 16.3. The minimum Gasteiger partial charge on any atom is -0.455 e. The molecule has 0 radical (unpaired) electrons. The molecule has 2 nitrogen and oxygen atoms in total. The van der Waals surface area contributed by atoms with Gasteiger partial charge in [0, 0.05) is 28.3 Å². The number of rotatable bonds is 2. The normalized spacial score (nSPS) is 15.0. The van der Waals surface area contributed by atoms with E-state index in [1.54, 1.807) is 0 Å². The standard InChI is InChI=1S/C28H26NO/c1-18-15-16-22-21-12-6-8-14-26(21)30-28(22)27(18)25-17-23(19-9-3-4-10-19)20-11-5-7-13-24(20)29(25)2/h5-8,11-17,19H,3-4,9-10H2,1-2H3/q+1. The molecular weight excluding hydrogens is 366 g/mol. The second-order valence-electron chi connectivity index (χ2n) is 8.77. The maximum atomic E-state index is 6.44. The third-order valence-corrected chi connectivity index (χ3v) is 7.04. The Morgan fingerprint density at radius 3 is 2.40 bits per heavy atom. The van der Waals surface area contributed by atoms with Crippen LogP contribution in [0.4, 0.5) is 0 Å². The van der Waals surface area contributed by atoms with Crippen LogP contribution in [-0.2, 0) is 7.05 Å². The first-order valence-corrected chi connectivity index (χ1v) is 11.1. The summed E-state index contributed by atoms with van der Waals surface area (Å²) < 4.78 is 8.79. The molecule has 0 amide bonds. The van der Waals surface area contributed by atoms with E-state index in [1.807, 2.05) is 6.07 Å². The number of nitrogens with zero attached hydrogens (tertiary/aromatic N) is 1. The zero-order chi connectivity index (χ0) is 20.2. The van der Waals surface area contributed by atoms with Crippen molar-refractivity contribution < 1.29 is 8.98 Å². The number of hydrogen-bond donors (Lipinski definition) is 0. The van der Waals surface area contributed by atoms with Crippen LogP contribution in [0.1, 0.15) is 42.7 Å². The molecule has 6 rings (SSSR count). The highest BCUT2D eigenvalue weighted by molar-refractivity contribution is 6.09. The lowest BCUT2D eigenvalue weighted by Gasteiger charge is -2.15. The summed E-state index contributed by atoms with van der Waals surface area (Å²) in [4.78, 5) is 0. The van der Waals surface area contributed by atoms with Crippen molar-refractivity contribution in [2.45, 2.75) is 38.5 Å². The Bertz CT molecular complexity index is 1420. The molecule has 1 saturated carbocycles. The van der Waals surface area contributed by atoms with Gasteiger partial charge in [-0.1, -0.05) is 55.3 Å².